The van der Waals surface area contributed by atoms with Gasteiger partial charge in [-0.1, -0.05) is 30.3 Å². The zero-order chi connectivity index (χ0) is 12.7. The van der Waals surface area contributed by atoms with E-state index in [-0.39, 0.29) is 6.42 Å². The predicted octanol–water partition coefficient (Wildman–Crippen LogP) is 2.03. The van der Waals surface area contributed by atoms with Gasteiger partial charge in [-0.2, -0.15) is 5.26 Å². The van der Waals surface area contributed by atoms with Crippen molar-refractivity contribution in [3.63, 3.8) is 0 Å². The normalized spacial score (nSPS) is 15.9. The minimum Gasteiger partial charge on any atom is -0.390 e. The highest BCUT2D eigenvalue weighted by atomic mass is 16.3. The Bertz CT molecular complexity index is 368. The standard InChI is InChI=1S/C14H19NO2/c1-14(17,10-5-11-15)13(16)9-8-12-6-3-2-4-7-12/h2-4,6-7,13,16-17H,5,8-10H2,1H3/t13-,14-/m1/s1. The summed E-state index contributed by atoms with van der Waals surface area (Å²) in [6.07, 6.45) is 0.998. The molecule has 0 saturated carbocycles. The molecule has 0 amide bonds. The summed E-state index contributed by atoms with van der Waals surface area (Å²) in [6.45, 7) is 1.58. The van der Waals surface area contributed by atoms with Crippen LogP contribution in [0.15, 0.2) is 30.3 Å². The smallest absolute Gasteiger partial charge is 0.0887 e. The van der Waals surface area contributed by atoms with Crippen molar-refractivity contribution < 1.29 is 10.2 Å². The van der Waals surface area contributed by atoms with E-state index in [1.807, 2.05) is 36.4 Å². The van der Waals surface area contributed by atoms with Crippen LogP contribution in [0.1, 0.15) is 31.7 Å². The fourth-order valence-electron chi connectivity index (χ4n) is 1.73. The van der Waals surface area contributed by atoms with Crippen molar-refractivity contribution in [2.24, 2.45) is 0 Å². The van der Waals surface area contributed by atoms with Crippen LogP contribution in [-0.2, 0) is 6.42 Å². The Kier molecular flexibility index (Phi) is 5.14. The fourth-order valence-corrected chi connectivity index (χ4v) is 1.73. The highest BCUT2D eigenvalue weighted by Crippen LogP contribution is 2.20. The second-order valence-electron chi connectivity index (χ2n) is 4.56. The van der Waals surface area contributed by atoms with E-state index in [1.54, 1.807) is 6.92 Å². The van der Waals surface area contributed by atoms with E-state index in [1.165, 1.54) is 0 Å². The summed E-state index contributed by atoms with van der Waals surface area (Å²) in [5.74, 6) is 0. The molecule has 1 rings (SSSR count). The first-order chi connectivity index (χ1) is 8.06. The highest BCUT2D eigenvalue weighted by molar-refractivity contribution is 5.14. The molecule has 0 aromatic heterocycles. The molecule has 0 radical (unpaired) electrons. The van der Waals surface area contributed by atoms with Gasteiger partial charge in [-0.3, -0.25) is 0 Å². The van der Waals surface area contributed by atoms with Gasteiger partial charge in [-0.15, -0.1) is 0 Å². The summed E-state index contributed by atoms with van der Waals surface area (Å²) in [6, 6.07) is 11.8. The van der Waals surface area contributed by atoms with Gasteiger partial charge in [0.2, 0.25) is 0 Å². The summed E-state index contributed by atoms with van der Waals surface area (Å²) < 4.78 is 0. The summed E-state index contributed by atoms with van der Waals surface area (Å²) in [5, 5.41) is 28.4. The quantitative estimate of drug-likeness (QED) is 0.790. The molecule has 0 aliphatic carbocycles. The lowest BCUT2D eigenvalue weighted by molar-refractivity contribution is -0.0688. The molecule has 2 N–H and O–H groups in total. The molecule has 0 aliphatic rings. The van der Waals surface area contributed by atoms with Gasteiger partial charge in [-0.25, -0.2) is 0 Å². The Morgan fingerprint density at radius 3 is 2.59 bits per heavy atom. The van der Waals surface area contributed by atoms with Crippen molar-refractivity contribution in [3.8, 4) is 6.07 Å². The monoisotopic (exact) mass is 233 g/mol. The molecule has 0 fully saturated rings. The first-order valence-electron chi connectivity index (χ1n) is 5.87. The third-order valence-electron chi connectivity index (χ3n) is 3.01. The summed E-state index contributed by atoms with van der Waals surface area (Å²) in [7, 11) is 0. The summed E-state index contributed by atoms with van der Waals surface area (Å²) in [4.78, 5) is 0. The number of hydrogen-bond acceptors (Lipinski definition) is 3. The molecule has 1 aromatic rings. The van der Waals surface area contributed by atoms with Crippen LogP contribution in [0.5, 0.6) is 0 Å². The van der Waals surface area contributed by atoms with Crippen molar-refractivity contribution >= 4 is 0 Å². The van der Waals surface area contributed by atoms with Gasteiger partial charge < -0.3 is 10.2 Å². The van der Waals surface area contributed by atoms with E-state index >= 15 is 0 Å². The van der Waals surface area contributed by atoms with E-state index in [4.69, 9.17) is 5.26 Å². The zero-order valence-corrected chi connectivity index (χ0v) is 10.1. The van der Waals surface area contributed by atoms with Crippen molar-refractivity contribution in [2.45, 2.75) is 44.3 Å². The predicted molar refractivity (Wildman–Crippen MR) is 66.2 cm³/mol. The first-order valence-corrected chi connectivity index (χ1v) is 5.87. The van der Waals surface area contributed by atoms with Crippen molar-refractivity contribution in [2.75, 3.05) is 0 Å². The van der Waals surface area contributed by atoms with Crippen LogP contribution in [0.4, 0.5) is 0 Å². The lowest BCUT2D eigenvalue weighted by Crippen LogP contribution is -2.39. The molecular weight excluding hydrogens is 214 g/mol. The minimum atomic E-state index is -1.18. The SMILES string of the molecule is C[C@@](O)(CCC#N)[C@H](O)CCc1ccccc1. The zero-order valence-electron chi connectivity index (χ0n) is 10.1. The number of aryl methyl sites for hydroxylation is 1. The average molecular weight is 233 g/mol. The number of benzene rings is 1. The molecule has 92 valence electrons. The van der Waals surface area contributed by atoms with Gasteiger partial charge in [0.05, 0.1) is 17.8 Å². The summed E-state index contributed by atoms with van der Waals surface area (Å²) >= 11 is 0. The van der Waals surface area contributed by atoms with Gasteiger partial charge in [-0.05, 0) is 31.7 Å². The van der Waals surface area contributed by atoms with Crippen molar-refractivity contribution in [3.05, 3.63) is 35.9 Å². The van der Waals surface area contributed by atoms with E-state index in [0.29, 0.717) is 12.8 Å². The third-order valence-corrected chi connectivity index (χ3v) is 3.01. The molecule has 0 unspecified atom stereocenters. The fraction of sp³-hybridized carbons (Fsp3) is 0.500. The first kappa shape index (κ1) is 13.7. The van der Waals surface area contributed by atoms with Crippen LogP contribution in [0.25, 0.3) is 0 Å². The third kappa shape index (κ3) is 4.56. The van der Waals surface area contributed by atoms with Crippen LogP contribution in [0.2, 0.25) is 0 Å². The maximum atomic E-state index is 9.99. The largest absolute Gasteiger partial charge is 0.390 e. The molecule has 0 heterocycles. The number of nitriles is 1. The van der Waals surface area contributed by atoms with Crippen LogP contribution >= 0.6 is 0 Å². The van der Waals surface area contributed by atoms with Gasteiger partial charge in [0, 0.05) is 6.42 Å². The van der Waals surface area contributed by atoms with E-state index < -0.39 is 11.7 Å². The lowest BCUT2D eigenvalue weighted by Gasteiger charge is -2.28. The Labute approximate surface area is 102 Å². The molecule has 0 spiro atoms. The Morgan fingerprint density at radius 1 is 1.35 bits per heavy atom. The highest BCUT2D eigenvalue weighted by Gasteiger charge is 2.29. The molecule has 0 bridgehead atoms. The van der Waals surface area contributed by atoms with E-state index in [0.717, 1.165) is 12.0 Å². The number of rotatable bonds is 6. The second kappa shape index (κ2) is 6.39. The Morgan fingerprint density at radius 2 is 2.00 bits per heavy atom. The maximum absolute atomic E-state index is 9.99. The van der Waals surface area contributed by atoms with Crippen LogP contribution in [0, 0.1) is 11.3 Å². The molecular formula is C14H19NO2. The van der Waals surface area contributed by atoms with E-state index in [9.17, 15) is 10.2 Å². The van der Waals surface area contributed by atoms with Crippen LogP contribution in [0.3, 0.4) is 0 Å². The van der Waals surface area contributed by atoms with Gasteiger partial charge in [0.15, 0.2) is 0 Å². The minimum absolute atomic E-state index is 0.259. The van der Waals surface area contributed by atoms with E-state index in [2.05, 4.69) is 0 Å². The average Bonchev–Trinajstić information content (AvgIpc) is 2.34. The molecule has 17 heavy (non-hydrogen) atoms. The molecule has 2 atom stereocenters. The number of aliphatic hydroxyl groups is 2. The van der Waals surface area contributed by atoms with Gasteiger partial charge in [0.1, 0.15) is 0 Å². The van der Waals surface area contributed by atoms with Crippen molar-refractivity contribution in [1.82, 2.24) is 0 Å². The number of nitrogens with zero attached hydrogens (tertiary/aromatic N) is 1. The molecule has 3 heteroatoms. The molecule has 1 aromatic carbocycles. The molecule has 0 saturated heterocycles. The van der Waals surface area contributed by atoms with Crippen LogP contribution in [-0.4, -0.2) is 21.9 Å². The summed E-state index contributed by atoms with van der Waals surface area (Å²) in [5.41, 5.74) is -0.0348. The molecule has 0 aliphatic heterocycles. The lowest BCUT2D eigenvalue weighted by atomic mass is 9.90. The van der Waals surface area contributed by atoms with Gasteiger partial charge >= 0.3 is 0 Å². The maximum Gasteiger partial charge on any atom is 0.0887 e. The second-order valence-corrected chi connectivity index (χ2v) is 4.56. The number of hydrogen-bond donors (Lipinski definition) is 2. The molecule has 3 nitrogen and oxygen atoms in total. The van der Waals surface area contributed by atoms with Crippen molar-refractivity contribution in [1.29, 1.82) is 5.26 Å². The van der Waals surface area contributed by atoms with Gasteiger partial charge in [0.25, 0.3) is 0 Å². The Balaban J connectivity index is 2.44. The topological polar surface area (TPSA) is 64.2 Å². The Hall–Kier alpha value is -1.37. The van der Waals surface area contributed by atoms with Crippen LogP contribution < -0.4 is 0 Å². The number of aliphatic hydroxyl groups excluding tert-OH is 1.